The molecule has 0 bridgehead atoms. The van der Waals surface area contributed by atoms with Gasteiger partial charge in [-0.15, -0.1) is 0 Å². The second kappa shape index (κ2) is 7.97. The molecule has 0 aliphatic carbocycles. The topological polar surface area (TPSA) is 49.9 Å². The largest absolute Gasteiger partial charge is 0.381 e. The van der Waals surface area contributed by atoms with E-state index in [0.29, 0.717) is 38.6 Å². The van der Waals surface area contributed by atoms with Crippen LogP contribution in [0.15, 0.2) is 30.3 Å². The Balaban J connectivity index is 1.33. The molecule has 3 aliphatic heterocycles. The summed E-state index contributed by atoms with van der Waals surface area (Å²) in [6, 6.07) is 11.2. The van der Waals surface area contributed by atoms with Crippen LogP contribution in [0, 0.1) is 0 Å². The third-order valence-electron chi connectivity index (χ3n) is 6.31. The van der Waals surface area contributed by atoms with Crippen molar-refractivity contribution in [1.82, 2.24) is 9.21 Å². The van der Waals surface area contributed by atoms with Gasteiger partial charge in [0, 0.05) is 38.4 Å². The minimum atomic E-state index is -3.18. The van der Waals surface area contributed by atoms with E-state index in [9.17, 15) is 8.42 Å². The fraction of sp³-hybridized carbons (Fsp3) is 0.700. The zero-order valence-corrected chi connectivity index (χ0v) is 16.2. The van der Waals surface area contributed by atoms with Crippen molar-refractivity contribution in [2.24, 2.45) is 0 Å². The second-order valence-corrected chi connectivity index (χ2v) is 9.97. The summed E-state index contributed by atoms with van der Waals surface area (Å²) >= 11 is 0. The van der Waals surface area contributed by atoms with Crippen LogP contribution < -0.4 is 0 Å². The number of hydrogen-bond donors (Lipinski definition) is 0. The van der Waals surface area contributed by atoms with Gasteiger partial charge in [0.1, 0.15) is 0 Å². The van der Waals surface area contributed by atoms with Crippen molar-refractivity contribution < 1.29 is 13.2 Å². The van der Waals surface area contributed by atoms with E-state index in [1.807, 2.05) is 4.31 Å². The quantitative estimate of drug-likeness (QED) is 0.762. The van der Waals surface area contributed by atoms with E-state index in [1.54, 1.807) is 0 Å². The molecule has 1 aromatic rings. The Morgan fingerprint density at radius 2 is 1.69 bits per heavy atom. The SMILES string of the molecule is O=S(=O)(C1CCOCC1)N1CC[C@H]2[C@@H]1CCN2CCCc1ccccc1. The average molecular weight is 379 g/mol. The number of aryl methyl sites for hydroxylation is 1. The first-order valence-electron chi connectivity index (χ1n) is 10.0. The first kappa shape index (κ1) is 18.4. The molecule has 3 fully saturated rings. The lowest BCUT2D eigenvalue weighted by molar-refractivity contribution is 0.0970. The molecule has 0 amide bonds. The van der Waals surface area contributed by atoms with Gasteiger partial charge in [-0.05, 0) is 50.6 Å². The highest BCUT2D eigenvalue weighted by Gasteiger charge is 2.48. The summed E-state index contributed by atoms with van der Waals surface area (Å²) in [7, 11) is -3.18. The molecule has 0 unspecified atom stereocenters. The molecule has 0 saturated carbocycles. The minimum absolute atomic E-state index is 0.194. The van der Waals surface area contributed by atoms with Crippen LogP contribution in [0.1, 0.15) is 37.7 Å². The molecule has 1 aromatic carbocycles. The van der Waals surface area contributed by atoms with E-state index in [1.165, 1.54) is 5.56 Å². The van der Waals surface area contributed by atoms with Crippen LogP contribution >= 0.6 is 0 Å². The van der Waals surface area contributed by atoms with Crippen molar-refractivity contribution >= 4 is 10.0 Å². The minimum Gasteiger partial charge on any atom is -0.381 e. The lowest BCUT2D eigenvalue weighted by Crippen LogP contribution is -2.45. The molecule has 6 heteroatoms. The zero-order chi connectivity index (χ0) is 18.0. The Morgan fingerprint density at radius 3 is 2.46 bits per heavy atom. The summed E-state index contributed by atoms with van der Waals surface area (Å²) in [5, 5.41) is -0.234. The van der Waals surface area contributed by atoms with E-state index in [4.69, 9.17) is 4.74 Å². The van der Waals surface area contributed by atoms with E-state index >= 15 is 0 Å². The standard InChI is InChI=1S/C20H30N2O3S/c23-26(24,18-10-15-25-16-11-18)22-14-9-19-20(22)8-13-21(19)12-4-7-17-5-2-1-3-6-17/h1-3,5-6,18-20H,4,7-16H2/t19-,20-/m0/s1. The number of ether oxygens (including phenoxy) is 1. The third kappa shape index (κ3) is 3.70. The van der Waals surface area contributed by atoms with E-state index in [-0.39, 0.29) is 11.3 Å². The number of nitrogens with zero attached hydrogens (tertiary/aromatic N) is 2. The predicted molar refractivity (Wildman–Crippen MR) is 103 cm³/mol. The second-order valence-electron chi connectivity index (χ2n) is 7.80. The Hall–Kier alpha value is -0.950. The normalized spacial score (nSPS) is 28.5. The first-order valence-corrected chi connectivity index (χ1v) is 11.5. The third-order valence-corrected chi connectivity index (χ3v) is 8.73. The number of fused-ring (bicyclic) bond motifs is 1. The van der Waals surface area contributed by atoms with Crippen LogP contribution in [0.2, 0.25) is 0 Å². The lowest BCUT2D eigenvalue weighted by Gasteiger charge is -2.30. The van der Waals surface area contributed by atoms with Gasteiger partial charge in [0.25, 0.3) is 0 Å². The fourth-order valence-corrected chi connectivity index (χ4v) is 7.08. The number of benzene rings is 1. The summed E-state index contributed by atoms with van der Waals surface area (Å²) < 4.78 is 33.4. The molecule has 0 radical (unpaired) electrons. The summed E-state index contributed by atoms with van der Waals surface area (Å²) in [5.74, 6) is 0. The Labute approximate surface area is 157 Å². The molecule has 144 valence electrons. The van der Waals surface area contributed by atoms with Crippen molar-refractivity contribution in [2.45, 2.75) is 55.9 Å². The van der Waals surface area contributed by atoms with Gasteiger partial charge in [0.15, 0.2) is 0 Å². The van der Waals surface area contributed by atoms with Crippen LogP contribution in [0.4, 0.5) is 0 Å². The number of hydrogen-bond acceptors (Lipinski definition) is 4. The summed E-state index contributed by atoms with van der Waals surface area (Å²) in [4.78, 5) is 2.53. The van der Waals surface area contributed by atoms with E-state index < -0.39 is 10.0 Å². The number of rotatable bonds is 6. The van der Waals surface area contributed by atoms with Crippen LogP contribution in [0.3, 0.4) is 0 Å². The average Bonchev–Trinajstić information content (AvgIpc) is 3.26. The molecule has 4 rings (SSSR count). The van der Waals surface area contributed by atoms with Crippen molar-refractivity contribution in [2.75, 3.05) is 32.8 Å². The fourth-order valence-electron chi connectivity index (χ4n) is 4.93. The van der Waals surface area contributed by atoms with Crippen LogP contribution in [-0.4, -0.2) is 67.8 Å². The van der Waals surface area contributed by atoms with Crippen molar-refractivity contribution in [3.8, 4) is 0 Å². The lowest BCUT2D eigenvalue weighted by atomic mass is 10.1. The van der Waals surface area contributed by atoms with Crippen LogP contribution in [0.5, 0.6) is 0 Å². The summed E-state index contributed by atoms with van der Waals surface area (Å²) in [6.45, 7) is 3.96. The maximum Gasteiger partial charge on any atom is 0.217 e. The van der Waals surface area contributed by atoms with Crippen LogP contribution in [0.25, 0.3) is 0 Å². The molecule has 26 heavy (non-hydrogen) atoms. The smallest absolute Gasteiger partial charge is 0.217 e. The Bertz CT molecular complexity index is 688. The molecule has 2 atom stereocenters. The van der Waals surface area contributed by atoms with Crippen molar-refractivity contribution in [3.05, 3.63) is 35.9 Å². The highest BCUT2D eigenvalue weighted by Crippen LogP contribution is 2.36. The van der Waals surface area contributed by atoms with Gasteiger partial charge < -0.3 is 4.74 Å². The molecular formula is C20H30N2O3S. The molecule has 0 spiro atoms. The van der Waals surface area contributed by atoms with Crippen LogP contribution in [-0.2, 0) is 21.2 Å². The first-order chi connectivity index (χ1) is 12.7. The molecule has 3 heterocycles. The molecule has 0 N–H and O–H groups in total. The maximum absolute atomic E-state index is 13.1. The Morgan fingerprint density at radius 1 is 0.962 bits per heavy atom. The summed E-state index contributed by atoms with van der Waals surface area (Å²) in [6.07, 6.45) is 5.50. The van der Waals surface area contributed by atoms with Gasteiger partial charge in [-0.3, -0.25) is 4.90 Å². The number of sulfonamides is 1. The van der Waals surface area contributed by atoms with Gasteiger partial charge in [-0.2, -0.15) is 4.31 Å². The Kier molecular flexibility index (Phi) is 5.64. The highest BCUT2D eigenvalue weighted by molar-refractivity contribution is 7.89. The van der Waals surface area contributed by atoms with Gasteiger partial charge in [-0.1, -0.05) is 30.3 Å². The van der Waals surface area contributed by atoms with Crippen molar-refractivity contribution in [3.63, 3.8) is 0 Å². The zero-order valence-electron chi connectivity index (χ0n) is 15.4. The van der Waals surface area contributed by atoms with E-state index in [0.717, 1.165) is 38.8 Å². The van der Waals surface area contributed by atoms with Crippen molar-refractivity contribution in [1.29, 1.82) is 0 Å². The predicted octanol–water partition coefficient (Wildman–Crippen LogP) is 2.28. The molecule has 3 aliphatic rings. The van der Waals surface area contributed by atoms with Gasteiger partial charge >= 0.3 is 0 Å². The maximum atomic E-state index is 13.1. The highest BCUT2D eigenvalue weighted by atomic mass is 32.2. The van der Waals surface area contributed by atoms with Gasteiger partial charge in [-0.25, -0.2) is 8.42 Å². The molecule has 5 nitrogen and oxygen atoms in total. The number of likely N-dealkylation sites (tertiary alicyclic amines) is 1. The molecule has 3 saturated heterocycles. The van der Waals surface area contributed by atoms with E-state index in [2.05, 4.69) is 35.2 Å². The molecule has 0 aromatic heterocycles. The van der Waals surface area contributed by atoms with Gasteiger partial charge in [0.2, 0.25) is 10.0 Å². The van der Waals surface area contributed by atoms with Gasteiger partial charge in [0.05, 0.1) is 5.25 Å². The summed E-state index contributed by atoms with van der Waals surface area (Å²) in [5.41, 5.74) is 1.39. The molecular weight excluding hydrogens is 348 g/mol. The monoisotopic (exact) mass is 378 g/mol.